The van der Waals surface area contributed by atoms with E-state index >= 15 is 0 Å². The van der Waals surface area contributed by atoms with Gasteiger partial charge in [-0.2, -0.15) is 0 Å². The highest BCUT2D eigenvalue weighted by Crippen LogP contribution is 2.30. The van der Waals surface area contributed by atoms with Crippen molar-refractivity contribution in [3.63, 3.8) is 0 Å². The van der Waals surface area contributed by atoms with Gasteiger partial charge in [0.1, 0.15) is 10.7 Å². The summed E-state index contributed by atoms with van der Waals surface area (Å²) in [7, 11) is 0. The van der Waals surface area contributed by atoms with Gasteiger partial charge >= 0.3 is 0 Å². The number of nitrogen functional groups attached to an aromatic ring is 1. The Labute approximate surface area is 130 Å². The third-order valence-electron chi connectivity index (χ3n) is 4.27. The molecule has 2 rings (SSSR count). The summed E-state index contributed by atoms with van der Waals surface area (Å²) in [6.07, 6.45) is 2.37. The van der Waals surface area contributed by atoms with Crippen LogP contribution < -0.4 is 16.0 Å². The van der Waals surface area contributed by atoms with Gasteiger partial charge in [0.2, 0.25) is 0 Å². The Hall–Kier alpha value is -1.30. The molecule has 3 N–H and O–H groups in total. The first-order chi connectivity index (χ1) is 9.79. The van der Waals surface area contributed by atoms with Crippen LogP contribution in [0.15, 0.2) is 0 Å². The van der Waals surface area contributed by atoms with E-state index in [0.717, 1.165) is 18.2 Å². The quantitative estimate of drug-likeness (QED) is 0.897. The minimum absolute atomic E-state index is 0.105. The van der Waals surface area contributed by atoms with Gasteiger partial charge in [0.25, 0.3) is 5.91 Å². The van der Waals surface area contributed by atoms with Gasteiger partial charge in [-0.05, 0) is 24.2 Å². The predicted molar refractivity (Wildman–Crippen MR) is 88.9 cm³/mol. The van der Waals surface area contributed by atoms with E-state index in [9.17, 15) is 4.79 Å². The van der Waals surface area contributed by atoms with E-state index in [1.54, 1.807) is 0 Å². The Morgan fingerprint density at radius 3 is 2.62 bits per heavy atom. The van der Waals surface area contributed by atoms with E-state index < -0.39 is 0 Å². The standard InChI is InChI=1S/C15H26N4OS/c1-10(15(2,3)4)9-17-13(20)11-12(16)18-14(21-11)19-7-5-6-8-19/h10H,5-9,16H2,1-4H3,(H,17,20). The molecule has 0 bridgehead atoms. The van der Waals surface area contributed by atoms with Crippen molar-refractivity contribution in [2.75, 3.05) is 30.3 Å². The molecule has 6 heteroatoms. The zero-order valence-electron chi connectivity index (χ0n) is 13.4. The first-order valence-corrected chi connectivity index (χ1v) is 8.40. The van der Waals surface area contributed by atoms with Crippen molar-refractivity contribution >= 4 is 28.2 Å². The smallest absolute Gasteiger partial charge is 0.265 e. The Morgan fingerprint density at radius 1 is 1.43 bits per heavy atom. The van der Waals surface area contributed by atoms with Crippen LogP contribution in [0.25, 0.3) is 0 Å². The second-order valence-corrected chi connectivity index (χ2v) is 7.86. The molecule has 118 valence electrons. The number of amides is 1. The normalized spacial score (nSPS) is 17.0. The van der Waals surface area contributed by atoms with Crippen LogP contribution in [-0.4, -0.2) is 30.5 Å². The lowest BCUT2D eigenvalue weighted by Gasteiger charge is -2.27. The van der Waals surface area contributed by atoms with Gasteiger partial charge in [-0.1, -0.05) is 39.0 Å². The van der Waals surface area contributed by atoms with Crippen molar-refractivity contribution in [3.8, 4) is 0 Å². The van der Waals surface area contributed by atoms with Gasteiger partial charge in [0.15, 0.2) is 5.13 Å². The summed E-state index contributed by atoms with van der Waals surface area (Å²) in [5, 5.41) is 3.86. The van der Waals surface area contributed by atoms with Crippen molar-refractivity contribution in [1.82, 2.24) is 10.3 Å². The minimum Gasteiger partial charge on any atom is -0.382 e. The molecule has 1 aromatic heterocycles. The van der Waals surface area contributed by atoms with E-state index in [1.807, 2.05) is 0 Å². The summed E-state index contributed by atoms with van der Waals surface area (Å²) in [5.41, 5.74) is 6.09. The Bertz CT molecular complexity index is 500. The largest absolute Gasteiger partial charge is 0.382 e. The molecule has 1 fully saturated rings. The van der Waals surface area contributed by atoms with Crippen LogP contribution in [0.1, 0.15) is 50.2 Å². The number of hydrogen-bond donors (Lipinski definition) is 2. The zero-order chi connectivity index (χ0) is 15.6. The van der Waals surface area contributed by atoms with Crippen molar-refractivity contribution in [2.45, 2.75) is 40.5 Å². The summed E-state index contributed by atoms with van der Waals surface area (Å²) in [6.45, 7) is 11.3. The number of carbonyl (C=O) groups is 1. The highest BCUT2D eigenvalue weighted by Gasteiger charge is 2.24. The van der Waals surface area contributed by atoms with E-state index in [0.29, 0.717) is 23.2 Å². The lowest BCUT2D eigenvalue weighted by Crippen LogP contribution is -2.33. The van der Waals surface area contributed by atoms with Crippen LogP contribution in [0.5, 0.6) is 0 Å². The van der Waals surface area contributed by atoms with Gasteiger partial charge < -0.3 is 16.0 Å². The van der Waals surface area contributed by atoms with Crippen molar-refractivity contribution in [2.24, 2.45) is 11.3 Å². The van der Waals surface area contributed by atoms with E-state index in [1.165, 1.54) is 24.2 Å². The summed E-state index contributed by atoms with van der Waals surface area (Å²) in [6, 6.07) is 0. The lowest BCUT2D eigenvalue weighted by atomic mass is 9.82. The van der Waals surface area contributed by atoms with Gasteiger partial charge in [0, 0.05) is 19.6 Å². The molecule has 1 aromatic rings. The summed E-state index contributed by atoms with van der Waals surface area (Å²) >= 11 is 1.40. The third-order valence-corrected chi connectivity index (χ3v) is 5.40. The number of nitrogens with two attached hydrogens (primary N) is 1. The maximum atomic E-state index is 12.3. The molecule has 5 nitrogen and oxygen atoms in total. The number of nitrogens with zero attached hydrogens (tertiary/aromatic N) is 2. The maximum absolute atomic E-state index is 12.3. The third kappa shape index (κ3) is 3.87. The molecule has 1 atom stereocenters. The number of hydrogen-bond acceptors (Lipinski definition) is 5. The first kappa shape index (κ1) is 16.1. The number of anilines is 2. The van der Waals surface area contributed by atoms with Crippen molar-refractivity contribution in [3.05, 3.63) is 4.88 Å². The van der Waals surface area contributed by atoms with E-state index in [4.69, 9.17) is 5.73 Å². The van der Waals surface area contributed by atoms with Gasteiger partial charge in [-0.3, -0.25) is 4.79 Å². The van der Waals surface area contributed by atoms with Crippen LogP contribution in [0.4, 0.5) is 10.9 Å². The Kier molecular flexibility index (Phi) is 4.76. The molecule has 1 saturated heterocycles. The van der Waals surface area contributed by atoms with Crippen LogP contribution in [-0.2, 0) is 0 Å². The van der Waals surface area contributed by atoms with Crippen molar-refractivity contribution in [1.29, 1.82) is 0 Å². The average molecular weight is 310 g/mol. The number of thiazole rings is 1. The molecular weight excluding hydrogens is 284 g/mol. The number of aromatic nitrogens is 1. The summed E-state index contributed by atoms with van der Waals surface area (Å²) in [4.78, 5) is 19.4. The van der Waals surface area contributed by atoms with Crippen molar-refractivity contribution < 1.29 is 4.79 Å². The fraction of sp³-hybridized carbons (Fsp3) is 0.733. The van der Waals surface area contributed by atoms with Crippen LogP contribution in [0.2, 0.25) is 0 Å². The zero-order valence-corrected chi connectivity index (χ0v) is 14.2. The summed E-state index contributed by atoms with van der Waals surface area (Å²) < 4.78 is 0. The second kappa shape index (κ2) is 6.22. The fourth-order valence-electron chi connectivity index (χ4n) is 2.16. The number of nitrogens with one attached hydrogen (secondary N) is 1. The molecule has 0 aromatic carbocycles. The minimum atomic E-state index is -0.105. The fourth-order valence-corrected chi connectivity index (χ4v) is 3.11. The molecular formula is C15H26N4OS. The number of carbonyl (C=O) groups excluding carboxylic acids is 1. The lowest BCUT2D eigenvalue weighted by molar-refractivity contribution is 0.0942. The second-order valence-electron chi connectivity index (χ2n) is 6.88. The molecule has 1 unspecified atom stereocenters. The first-order valence-electron chi connectivity index (χ1n) is 7.58. The Morgan fingerprint density at radius 2 is 2.05 bits per heavy atom. The highest BCUT2D eigenvalue weighted by molar-refractivity contribution is 7.18. The molecule has 21 heavy (non-hydrogen) atoms. The molecule has 1 amide bonds. The predicted octanol–water partition coefficient (Wildman–Crippen LogP) is 2.74. The molecule has 1 aliphatic rings. The molecule has 0 aliphatic carbocycles. The van der Waals surface area contributed by atoms with Gasteiger partial charge in [-0.15, -0.1) is 0 Å². The molecule has 0 saturated carbocycles. The summed E-state index contributed by atoms with van der Waals surface area (Å²) in [5.74, 6) is 0.642. The molecule has 0 spiro atoms. The van der Waals surface area contributed by atoms with E-state index in [2.05, 4.69) is 42.9 Å². The molecule has 1 aliphatic heterocycles. The SMILES string of the molecule is CC(CNC(=O)c1sc(N2CCCC2)nc1N)C(C)(C)C. The van der Waals surface area contributed by atoms with E-state index in [-0.39, 0.29) is 11.3 Å². The Balaban J connectivity index is 1.99. The maximum Gasteiger partial charge on any atom is 0.265 e. The average Bonchev–Trinajstić information content (AvgIpc) is 3.03. The van der Waals surface area contributed by atoms with Crippen LogP contribution in [0.3, 0.4) is 0 Å². The molecule has 2 heterocycles. The van der Waals surface area contributed by atoms with Gasteiger partial charge in [-0.25, -0.2) is 4.98 Å². The monoisotopic (exact) mass is 310 g/mol. The molecule has 0 radical (unpaired) electrons. The van der Waals surface area contributed by atoms with Crippen LogP contribution in [0, 0.1) is 11.3 Å². The highest BCUT2D eigenvalue weighted by atomic mass is 32.1. The topological polar surface area (TPSA) is 71.2 Å². The van der Waals surface area contributed by atoms with Crippen LogP contribution >= 0.6 is 11.3 Å². The number of rotatable bonds is 4. The van der Waals surface area contributed by atoms with Gasteiger partial charge in [0.05, 0.1) is 0 Å².